The van der Waals surface area contributed by atoms with Gasteiger partial charge in [0.05, 0.1) is 0 Å². The predicted octanol–water partition coefficient (Wildman–Crippen LogP) is 1.76. The summed E-state index contributed by atoms with van der Waals surface area (Å²) >= 11 is 2.78. The van der Waals surface area contributed by atoms with E-state index in [9.17, 15) is 0 Å². The van der Waals surface area contributed by atoms with E-state index in [2.05, 4.69) is 15.9 Å². The van der Waals surface area contributed by atoms with Crippen LogP contribution in [0.25, 0.3) is 0 Å². The van der Waals surface area contributed by atoms with Crippen LogP contribution in [0.2, 0.25) is 0 Å². The molecule has 0 unspecified atom stereocenters. The van der Waals surface area contributed by atoms with Crippen LogP contribution in [0.3, 0.4) is 0 Å². The molecule has 0 atom stereocenters. The summed E-state index contributed by atoms with van der Waals surface area (Å²) in [4.78, 5) is 0. The van der Waals surface area contributed by atoms with Crippen molar-refractivity contribution in [2.45, 2.75) is 6.92 Å². The normalized spacial score (nSPS) is 8.90. The maximum absolute atomic E-state index is 5.28. The molecule has 1 aromatic carbocycles. The van der Waals surface area contributed by atoms with Crippen LogP contribution in [0.5, 0.6) is 5.75 Å². The van der Waals surface area contributed by atoms with Crippen molar-refractivity contribution in [2.24, 2.45) is 0 Å². The van der Waals surface area contributed by atoms with Crippen LogP contribution >= 0.6 is 0 Å². The van der Waals surface area contributed by atoms with Crippen molar-refractivity contribution in [3.8, 4) is 5.75 Å². The van der Waals surface area contributed by atoms with E-state index >= 15 is 0 Å². The van der Waals surface area contributed by atoms with Gasteiger partial charge < -0.3 is 0 Å². The van der Waals surface area contributed by atoms with E-state index in [1.54, 1.807) is 0 Å². The van der Waals surface area contributed by atoms with Crippen LogP contribution in [-0.4, -0.2) is 4.57 Å². The average molecular weight is 172 g/mol. The fraction of sp³-hybridized carbons (Fsp3) is 0.125. The third-order valence-corrected chi connectivity index (χ3v) is 1.13. The summed E-state index contributed by atoms with van der Waals surface area (Å²) in [5.41, 5.74) is 0. The van der Waals surface area contributed by atoms with Gasteiger partial charge in [-0.05, 0) is 0 Å². The zero-order valence-electron chi connectivity index (χ0n) is 5.70. The molecule has 0 bridgehead atoms. The van der Waals surface area contributed by atoms with E-state index in [4.69, 9.17) is 4.74 Å². The van der Waals surface area contributed by atoms with Gasteiger partial charge in [0.25, 0.3) is 0 Å². The molecule has 0 fully saturated rings. The number of hydrogen-bond acceptors (Lipinski definition) is 1. The van der Waals surface area contributed by atoms with Crippen LogP contribution in [0.4, 0.5) is 0 Å². The third kappa shape index (κ3) is 2.35. The fourth-order valence-corrected chi connectivity index (χ4v) is 0.805. The number of hydrogen-bond donors (Lipinski definition) is 0. The van der Waals surface area contributed by atoms with Gasteiger partial charge in [-0.2, -0.15) is 0 Å². The molecule has 0 saturated carbocycles. The van der Waals surface area contributed by atoms with Gasteiger partial charge in [0.2, 0.25) is 0 Å². The van der Waals surface area contributed by atoms with Gasteiger partial charge in [-0.1, -0.05) is 0 Å². The van der Waals surface area contributed by atoms with E-state index in [1.807, 2.05) is 37.3 Å². The van der Waals surface area contributed by atoms with Gasteiger partial charge in [-0.25, -0.2) is 0 Å². The maximum atomic E-state index is 5.28. The molecule has 0 heterocycles. The summed E-state index contributed by atoms with van der Waals surface area (Å²) in [6.07, 6.45) is 0. The zero-order chi connectivity index (χ0) is 7.40. The SMILES string of the molecule is C[C](=[Cr])Oc1ccccc1. The van der Waals surface area contributed by atoms with Gasteiger partial charge in [0, 0.05) is 0 Å². The Balaban J connectivity index is 2.67. The third-order valence-electron chi connectivity index (χ3n) is 1.00. The van der Waals surface area contributed by atoms with Crippen LogP contribution in [0, 0.1) is 0 Å². The molecule has 1 rings (SSSR count). The number of rotatable bonds is 2. The van der Waals surface area contributed by atoms with Crippen LogP contribution in [0.15, 0.2) is 30.3 Å². The molecule has 0 aliphatic heterocycles. The Morgan fingerprint density at radius 2 is 1.90 bits per heavy atom. The Bertz CT molecular complexity index is 218. The van der Waals surface area contributed by atoms with Gasteiger partial charge >= 0.3 is 68.2 Å². The Hall–Kier alpha value is -0.578. The van der Waals surface area contributed by atoms with E-state index in [1.165, 1.54) is 0 Å². The molecule has 0 saturated heterocycles. The van der Waals surface area contributed by atoms with E-state index < -0.39 is 0 Å². The molecule has 0 aromatic heterocycles. The molecule has 0 radical (unpaired) electrons. The molecule has 0 aliphatic carbocycles. The van der Waals surface area contributed by atoms with E-state index in [0.29, 0.717) is 0 Å². The first kappa shape index (κ1) is 7.53. The van der Waals surface area contributed by atoms with E-state index in [0.717, 1.165) is 10.3 Å². The second-order valence-corrected chi connectivity index (χ2v) is 2.80. The standard InChI is InChI=1S/C8H8O.Cr/c1-2-9-8-6-4-3-5-7-8;/h3-7H,1H3;. The molecule has 0 spiro atoms. The monoisotopic (exact) mass is 172 g/mol. The molecule has 2 heteroatoms. The number of ether oxygens (including phenoxy) is 1. The first-order valence-corrected chi connectivity index (χ1v) is 3.66. The van der Waals surface area contributed by atoms with Crippen molar-refractivity contribution in [3.05, 3.63) is 30.3 Å². The Morgan fingerprint density at radius 1 is 1.30 bits per heavy atom. The Kier molecular flexibility index (Phi) is 2.68. The average Bonchev–Trinajstić information content (AvgIpc) is 1.88. The minimum atomic E-state index is 0.839. The molecular weight excluding hydrogens is 164 g/mol. The molecule has 0 aliphatic rings. The van der Waals surface area contributed by atoms with Crippen molar-refractivity contribution >= 4 is 4.57 Å². The van der Waals surface area contributed by atoms with Crippen molar-refractivity contribution in [1.29, 1.82) is 0 Å². The van der Waals surface area contributed by atoms with Gasteiger partial charge in [0.15, 0.2) is 0 Å². The van der Waals surface area contributed by atoms with Crippen LogP contribution in [0.1, 0.15) is 6.92 Å². The number of benzene rings is 1. The molecule has 1 aromatic rings. The summed E-state index contributed by atoms with van der Waals surface area (Å²) in [5.74, 6) is 0.874. The van der Waals surface area contributed by atoms with Crippen LogP contribution in [-0.2, 0) is 15.9 Å². The van der Waals surface area contributed by atoms with Gasteiger partial charge in [-0.3, -0.25) is 0 Å². The van der Waals surface area contributed by atoms with Crippen molar-refractivity contribution in [3.63, 3.8) is 0 Å². The van der Waals surface area contributed by atoms with E-state index in [-0.39, 0.29) is 0 Å². The van der Waals surface area contributed by atoms with Gasteiger partial charge in [-0.15, -0.1) is 0 Å². The second kappa shape index (κ2) is 3.56. The molecule has 1 nitrogen and oxygen atoms in total. The summed E-state index contributed by atoms with van der Waals surface area (Å²) in [6.45, 7) is 1.88. The molecule has 0 N–H and O–H groups in total. The quantitative estimate of drug-likeness (QED) is 0.660. The second-order valence-electron chi connectivity index (χ2n) is 1.91. The molecular formula is C8H8CrO. The summed E-state index contributed by atoms with van der Waals surface area (Å²) in [7, 11) is 0. The van der Waals surface area contributed by atoms with Crippen molar-refractivity contribution < 1.29 is 20.6 Å². The predicted molar refractivity (Wildman–Crippen MR) is 37.8 cm³/mol. The fourth-order valence-electron chi connectivity index (χ4n) is 0.655. The summed E-state index contributed by atoms with van der Waals surface area (Å²) in [6, 6.07) is 9.68. The summed E-state index contributed by atoms with van der Waals surface area (Å²) in [5, 5.41) is 0. The summed E-state index contributed by atoms with van der Waals surface area (Å²) < 4.78 is 6.11. The zero-order valence-corrected chi connectivity index (χ0v) is 6.98. The van der Waals surface area contributed by atoms with Crippen molar-refractivity contribution in [2.75, 3.05) is 0 Å². The first-order chi connectivity index (χ1) is 4.79. The minimum absolute atomic E-state index is 0.839. The van der Waals surface area contributed by atoms with Gasteiger partial charge in [0.1, 0.15) is 0 Å². The molecule has 0 amide bonds. The van der Waals surface area contributed by atoms with Crippen molar-refractivity contribution in [1.82, 2.24) is 0 Å². The first-order valence-electron chi connectivity index (χ1n) is 3.02. The topological polar surface area (TPSA) is 9.23 Å². The van der Waals surface area contributed by atoms with Crippen LogP contribution < -0.4 is 4.74 Å². The Morgan fingerprint density at radius 3 is 2.40 bits per heavy atom. The number of para-hydroxylation sites is 1. The molecule has 10 heavy (non-hydrogen) atoms. The Labute approximate surface area is 68.6 Å². The molecule has 52 valence electrons.